The van der Waals surface area contributed by atoms with Crippen LogP contribution >= 0.6 is 0 Å². The molecule has 0 N–H and O–H groups in total. The highest BCUT2D eigenvalue weighted by atomic mass is 32.2. The molecule has 2 aliphatic rings. The van der Waals surface area contributed by atoms with Crippen molar-refractivity contribution in [1.82, 2.24) is 14.2 Å². The molecule has 4 rings (SSSR count). The van der Waals surface area contributed by atoms with Crippen molar-refractivity contribution in [3.63, 3.8) is 0 Å². The Balaban J connectivity index is 1.37. The number of pyridine rings is 1. The molecule has 1 amide bonds. The highest BCUT2D eigenvalue weighted by molar-refractivity contribution is 7.89. The van der Waals surface area contributed by atoms with Crippen molar-refractivity contribution in [2.24, 2.45) is 5.92 Å². The summed E-state index contributed by atoms with van der Waals surface area (Å²) in [5.74, 6) is -0.230. The number of nitrogens with zero attached hydrogens (tertiary/aromatic N) is 4. The number of piperazine rings is 1. The largest absolute Gasteiger partial charge is 0.371 e. The van der Waals surface area contributed by atoms with Gasteiger partial charge in [-0.05, 0) is 51.0 Å². The molecule has 0 atom stereocenters. The van der Waals surface area contributed by atoms with Gasteiger partial charge in [0.1, 0.15) is 5.82 Å². The molecule has 0 unspecified atom stereocenters. The maximum absolute atomic E-state index is 13.8. The van der Waals surface area contributed by atoms with Crippen LogP contribution in [-0.2, 0) is 14.8 Å². The fraction of sp³-hybridized carbons (Fsp3) is 0.545. The van der Waals surface area contributed by atoms with Crippen LogP contribution in [0, 0.1) is 11.7 Å². The predicted molar refractivity (Wildman–Crippen MR) is 119 cm³/mol. The Morgan fingerprint density at radius 3 is 2.39 bits per heavy atom. The Morgan fingerprint density at radius 1 is 1.06 bits per heavy atom. The number of aromatic nitrogens is 1. The summed E-state index contributed by atoms with van der Waals surface area (Å²) < 4.78 is 39.9. The molecule has 0 spiro atoms. The molecule has 0 radical (unpaired) electrons. The third-order valence-electron chi connectivity index (χ3n) is 6.37. The van der Waals surface area contributed by atoms with E-state index in [2.05, 4.69) is 9.88 Å². The summed E-state index contributed by atoms with van der Waals surface area (Å²) in [6, 6.07) is 6.51. The molecule has 2 fully saturated rings. The summed E-state index contributed by atoms with van der Waals surface area (Å²) in [7, 11) is -3.28. The fourth-order valence-corrected chi connectivity index (χ4v) is 5.73. The minimum absolute atomic E-state index is 0.0608. The van der Waals surface area contributed by atoms with Crippen LogP contribution in [0.25, 0.3) is 10.9 Å². The molecule has 168 valence electrons. The van der Waals surface area contributed by atoms with Crippen LogP contribution < -0.4 is 4.90 Å². The van der Waals surface area contributed by atoms with Crippen LogP contribution in [0.3, 0.4) is 0 Å². The highest BCUT2D eigenvalue weighted by Crippen LogP contribution is 2.30. The van der Waals surface area contributed by atoms with E-state index in [-0.39, 0.29) is 17.6 Å². The predicted octanol–water partition coefficient (Wildman–Crippen LogP) is 2.47. The number of amides is 1. The van der Waals surface area contributed by atoms with Crippen LogP contribution in [0.5, 0.6) is 0 Å². The second-order valence-electron chi connectivity index (χ2n) is 8.57. The Bertz CT molecular complexity index is 1060. The van der Waals surface area contributed by atoms with Crippen LogP contribution in [-0.4, -0.2) is 73.0 Å². The van der Waals surface area contributed by atoms with E-state index >= 15 is 0 Å². The maximum Gasteiger partial charge on any atom is 0.225 e. The zero-order valence-corrected chi connectivity index (χ0v) is 18.8. The van der Waals surface area contributed by atoms with E-state index in [1.807, 2.05) is 11.0 Å². The van der Waals surface area contributed by atoms with Gasteiger partial charge in [-0.1, -0.05) is 0 Å². The van der Waals surface area contributed by atoms with E-state index in [0.29, 0.717) is 39.3 Å². The van der Waals surface area contributed by atoms with Gasteiger partial charge in [0.05, 0.1) is 10.8 Å². The summed E-state index contributed by atoms with van der Waals surface area (Å²) in [5.41, 5.74) is 1.70. The van der Waals surface area contributed by atoms with E-state index in [4.69, 9.17) is 0 Å². The molecule has 1 aromatic carbocycles. The van der Waals surface area contributed by atoms with E-state index in [9.17, 15) is 17.6 Å². The molecule has 2 aromatic rings. The van der Waals surface area contributed by atoms with Gasteiger partial charge in [0.15, 0.2) is 0 Å². The number of piperidine rings is 1. The number of anilines is 1. The minimum atomic E-state index is -3.28. The Hall–Kier alpha value is -2.26. The normalized spacial score (nSPS) is 19.4. The van der Waals surface area contributed by atoms with Crippen molar-refractivity contribution < 1.29 is 17.6 Å². The minimum Gasteiger partial charge on any atom is -0.371 e. The molecule has 0 bridgehead atoms. The van der Waals surface area contributed by atoms with Gasteiger partial charge < -0.3 is 9.80 Å². The molecule has 7 nitrogen and oxygen atoms in total. The first-order valence-corrected chi connectivity index (χ1v) is 12.3. The number of benzene rings is 1. The summed E-state index contributed by atoms with van der Waals surface area (Å²) in [6.45, 7) is 6.40. The molecule has 1 aromatic heterocycles. The topological polar surface area (TPSA) is 73.8 Å². The molecular formula is C22H29FN4O3S. The molecule has 2 saturated heterocycles. The third kappa shape index (κ3) is 4.39. The Labute approximate surface area is 182 Å². The number of fused-ring (bicyclic) bond motifs is 1. The second kappa shape index (κ2) is 8.70. The monoisotopic (exact) mass is 448 g/mol. The highest BCUT2D eigenvalue weighted by Gasteiger charge is 2.34. The SMILES string of the molecule is CC(C)S(=O)(=O)N1CCN(C(=O)C2CCN(c3ccnc4ccc(F)cc34)CC2)CC1. The number of hydrogen-bond donors (Lipinski definition) is 0. The summed E-state index contributed by atoms with van der Waals surface area (Å²) in [4.78, 5) is 21.3. The van der Waals surface area contributed by atoms with Crippen molar-refractivity contribution in [3.8, 4) is 0 Å². The standard InChI is InChI=1S/C22H29FN4O3S/c1-16(2)31(29,30)27-13-11-26(12-14-27)22(28)17-6-9-25(10-7-17)21-5-8-24-20-4-3-18(23)15-19(20)21/h3-5,8,15-17H,6-7,9-14H2,1-2H3. The van der Waals surface area contributed by atoms with Gasteiger partial charge in [-0.3, -0.25) is 9.78 Å². The van der Waals surface area contributed by atoms with Crippen molar-refractivity contribution in [1.29, 1.82) is 0 Å². The first-order valence-electron chi connectivity index (χ1n) is 10.8. The summed E-state index contributed by atoms with van der Waals surface area (Å²) >= 11 is 0. The van der Waals surface area contributed by atoms with Gasteiger partial charge in [-0.25, -0.2) is 12.8 Å². The van der Waals surface area contributed by atoms with Crippen LogP contribution in [0.15, 0.2) is 30.5 Å². The van der Waals surface area contributed by atoms with Crippen molar-refractivity contribution in [3.05, 3.63) is 36.3 Å². The summed E-state index contributed by atoms with van der Waals surface area (Å²) in [5, 5.41) is 0.339. The van der Waals surface area contributed by atoms with Gasteiger partial charge in [0.25, 0.3) is 0 Å². The quantitative estimate of drug-likeness (QED) is 0.719. The lowest BCUT2D eigenvalue weighted by Crippen LogP contribution is -2.53. The number of rotatable bonds is 4. The zero-order valence-electron chi connectivity index (χ0n) is 18.0. The fourth-order valence-electron chi connectivity index (χ4n) is 4.47. The van der Waals surface area contributed by atoms with Gasteiger partial charge in [0.2, 0.25) is 15.9 Å². The Kier molecular flexibility index (Phi) is 6.16. The number of sulfonamides is 1. The third-order valence-corrected chi connectivity index (χ3v) is 8.65. The van der Waals surface area contributed by atoms with E-state index < -0.39 is 15.3 Å². The summed E-state index contributed by atoms with van der Waals surface area (Å²) in [6.07, 6.45) is 3.18. The average molecular weight is 449 g/mol. The first kappa shape index (κ1) is 22.0. The molecular weight excluding hydrogens is 419 g/mol. The van der Waals surface area contributed by atoms with Crippen molar-refractivity contribution in [2.45, 2.75) is 31.9 Å². The lowest BCUT2D eigenvalue weighted by molar-refractivity contribution is -0.137. The van der Waals surface area contributed by atoms with Gasteiger partial charge in [-0.15, -0.1) is 0 Å². The van der Waals surface area contributed by atoms with Gasteiger partial charge in [0, 0.05) is 62.5 Å². The van der Waals surface area contributed by atoms with Crippen LogP contribution in [0.1, 0.15) is 26.7 Å². The molecule has 0 aliphatic carbocycles. The molecule has 9 heteroatoms. The van der Waals surface area contributed by atoms with Crippen molar-refractivity contribution >= 4 is 32.5 Å². The second-order valence-corrected chi connectivity index (χ2v) is 11.1. The Morgan fingerprint density at radius 2 is 1.74 bits per heavy atom. The van der Waals surface area contributed by atoms with Gasteiger partial charge in [-0.2, -0.15) is 4.31 Å². The van der Waals surface area contributed by atoms with Crippen LogP contribution in [0.4, 0.5) is 10.1 Å². The molecule has 2 aliphatic heterocycles. The van der Waals surface area contributed by atoms with E-state index in [0.717, 1.165) is 29.4 Å². The van der Waals surface area contributed by atoms with E-state index in [1.165, 1.54) is 16.4 Å². The number of halogens is 1. The average Bonchev–Trinajstić information content (AvgIpc) is 2.78. The number of carbonyl (C=O) groups excluding carboxylic acids is 1. The van der Waals surface area contributed by atoms with E-state index in [1.54, 1.807) is 26.1 Å². The lowest BCUT2D eigenvalue weighted by Gasteiger charge is -2.39. The zero-order chi connectivity index (χ0) is 22.2. The van der Waals surface area contributed by atoms with Crippen molar-refractivity contribution in [2.75, 3.05) is 44.2 Å². The molecule has 3 heterocycles. The smallest absolute Gasteiger partial charge is 0.225 e. The first-order chi connectivity index (χ1) is 14.8. The number of carbonyl (C=O) groups is 1. The maximum atomic E-state index is 13.8. The molecule has 31 heavy (non-hydrogen) atoms. The number of hydrogen-bond acceptors (Lipinski definition) is 5. The molecule has 0 saturated carbocycles. The van der Waals surface area contributed by atoms with Gasteiger partial charge >= 0.3 is 0 Å². The lowest BCUT2D eigenvalue weighted by atomic mass is 9.94. The van der Waals surface area contributed by atoms with Crippen LogP contribution in [0.2, 0.25) is 0 Å².